The van der Waals surface area contributed by atoms with E-state index in [4.69, 9.17) is 11.6 Å². The van der Waals surface area contributed by atoms with Gasteiger partial charge in [-0.1, -0.05) is 44.5 Å². The summed E-state index contributed by atoms with van der Waals surface area (Å²) in [4.78, 5) is 1.20. The smallest absolute Gasteiger partial charge is 0.0602 e. The van der Waals surface area contributed by atoms with Gasteiger partial charge in [-0.15, -0.1) is 0 Å². The molecule has 0 aliphatic carbocycles. The molecule has 1 heterocycles. The van der Waals surface area contributed by atoms with Crippen LogP contribution in [0.2, 0.25) is 5.02 Å². The Hall–Kier alpha value is -0.860. The summed E-state index contributed by atoms with van der Waals surface area (Å²) in [6.45, 7) is 6.52. The third-order valence-corrected chi connectivity index (χ3v) is 3.50. The van der Waals surface area contributed by atoms with Crippen LogP contribution in [0.4, 0.5) is 0 Å². The average Bonchev–Trinajstić information content (AvgIpc) is 2.67. The first-order valence-corrected chi connectivity index (χ1v) is 6.35. The molecule has 3 heteroatoms. The fourth-order valence-corrected chi connectivity index (χ4v) is 2.43. The van der Waals surface area contributed by atoms with Crippen LogP contribution >= 0.6 is 23.1 Å². The average molecular weight is 252 g/mol. The molecule has 84 valence electrons. The van der Waals surface area contributed by atoms with Gasteiger partial charge in [0.1, 0.15) is 0 Å². The van der Waals surface area contributed by atoms with Crippen molar-refractivity contribution in [3.05, 3.63) is 41.0 Å². The Balaban J connectivity index is 2.35. The first-order valence-electron chi connectivity index (χ1n) is 5.20. The summed E-state index contributed by atoms with van der Waals surface area (Å²) in [7, 11) is 0. The van der Waals surface area contributed by atoms with Gasteiger partial charge in [-0.25, -0.2) is 0 Å². The Morgan fingerprint density at radius 3 is 2.25 bits per heavy atom. The van der Waals surface area contributed by atoms with E-state index in [1.165, 1.54) is 10.4 Å². The maximum atomic E-state index is 5.86. The van der Waals surface area contributed by atoms with E-state index in [1.807, 2.05) is 24.3 Å². The van der Waals surface area contributed by atoms with Gasteiger partial charge in [0.2, 0.25) is 0 Å². The van der Waals surface area contributed by atoms with Gasteiger partial charge in [0.05, 0.1) is 10.6 Å². The Bertz CT molecular complexity index is 479. The summed E-state index contributed by atoms with van der Waals surface area (Å²) in [5.74, 6) is 0. The molecule has 0 amide bonds. The second-order valence-electron chi connectivity index (χ2n) is 4.83. The van der Waals surface area contributed by atoms with Crippen molar-refractivity contribution < 1.29 is 0 Å². The molecule has 2 aromatic rings. The molecule has 0 unspecified atom stereocenters. The molecule has 0 aliphatic heterocycles. The van der Waals surface area contributed by atoms with E-state index in [9.17, 15) is 0 Å². The molecule has 0 fully saturated rings. The van der Waals surface area contributed by atoms with Crippen molar-refractivity contribution in [2.75, 3.05) is 0 Å². The van der Waals surface area contributed by atoms with E-state index in [-0.39, 0.29) is 5.41 Å². The summed E-state index contributed by atoms with van der Waals surface area (Å²) < 4.78 is 4.49. The zero-order valence-corrected chi connectivity index (χ0v) is 11.2. The summed E-state index contributed by atoms with van der Waals surface area (Å²) in [5, 5.41) is 0.768. The van der Waals surface area contributed by atoms with Gasteiger partial charge in [0.25, 0.3) is 0 Å². The second kappa shape index (κ2) is 4.19. The fourth-order valence-electron chi connectivity index (χ4n) is 1.38. The van der Waals surface area contributed by atoms with Crippen LogP contribution in [0.25, 0.3) is 10.4 Å². The van der Waals surface area contributed by atoms with Crippen molar-refractivity contribution in [1.82, 2.24) is 4.37 Å². The predicted molar refractivity (Wildman–Crippen MR) is 71.3 cm³/mol. The lowest BCUT2D eigenvalue weighted by Crippen LogP contribution is -2.10. The molecule has 1 aromatic carbocycles. The van der Waals surface area contributed by atoms with Crippen LogP contribution in [0.1, 0.15) is 26.5 Å². The highest BCUT2D eigenvalue weighted by Gasteiger charge is 2.17. The highest BCUT2D eigenvalue weighted by molar-refractivity contribution is 7.09. The minimum Gasteiger partial charge on any atom is -0.197 e. The number of aromatic nitrogens is 1. The van der Waals surface area contributed by atoms with Crippen molar-refractivity contribution >= 4 is 23.1 Å². The van der Waals surface area contributed by atoms with Crippen molar-refractivity contribution in [2.45, 2.75) is 26.2 Å². The number of benzene rings is 1. The van der Waals surface area contributed by atoms with E-state index in [2.05, 4.69) is 31.2 Å². The summed E-state index contributed by atoms with van der Waals surface area (Å²) >= 11 is 7.41. The number of rotatable bonds is 1. The van der Waals surface area contributed by atoms with Crippen LogP contribution < -0.4 is 0 Å². The molecule has 0 N–H and O–H groups in total. The van der Waals surface area contributed by atoms with Crippen molar-refractivity contribution in [3.63, 3.8) is 0 Å². The van der Waals surface area contributed by atoms with E-state index in [1.54, 1.807) is 11.5 Å². The molecule has 16 heavy (non-hydrogen) atoms. The zero-order chi connectivity index (χ0) is 11.8. The molecular weight excluding hydrogens is 238 g/mol. The summed E-state index contributed by atoms with van der Waals surface area (Å²) in [5.41, 5.74) is 2.43. The largest absolute Gasteiger partial charge is 0.197 e. The molecule has 0 saturated carbocycles. The molecule has 0 bridgehead atoms. The maximum absolute atomic E-state index is 5.86. The third kappa shape index (κ3) is 2.45. The number of nitrogens with zero attached hydrogens (tertiary/aromatic N) is 1. The van der Waals surface area contributed by atoms with E-state index in [0.29, 0.717) is 0 Å². The molecule has 0 atom stereocenters. The van der Waals surface area contributed by atoms with Crippen LogP contribution in [0.3, 0.4) is 0 Å². The molecule has 0 aliphatic rings. The Kier molecular flexibility index (Phi) is 3.04. The van der Waals surface area contributed by atoms with Gasteiger partial charge in [0.15, 0.2) is 0 Å². The predicted octanol–water partition coefficient (Wildman–Crippen LogP) is 4.76. The zero-order valence-electron chi connectivity index (χ0n) is 9.62. The first-order chi connectivity index (χ1) is 7.47. The van der Waals surface area contributed by atoms with Crippen molar-refractivity contribution in [2.24, 2.45) is 0 Å². The van der Waals surface area contributed by atoms with Crippen LogP contribution in [0.5, 0.6) is 0 Å². The fraction of sp³-hybridized carbons (Fsp3) is 0.308. The Labute approximate surface area is 105 Å². The lowest BCUT2D eigenvalue weighted by molar-refractivity contribution is 0.576. The quantitative estimate of drug-likeness (QED) is 0.712. The first kappa shape index (κ1) is 11.6. The molecule has 0 radical (unpaired) electrons. The maximum Gasteiger partial charge on any atom is 0.0602 e. The van der Waals surface area contributed by atoms with Crippen LogP contribution in [0, 0.1) is 0 Å². The lowest BCUT2D eigenvalue weighted by atomic mass is 9.92. The Morgan fingerprint density at radius 1 is 1.12 bits per heavy atom. The van der Waals surface area contributed by atoms with Crippen molar-refractivity contribution in [3.8, 4) is 10.4 Å². The minimum absolute atomic E-state index is 0.112. The summed E-state index contributed by atoms with van der Waals surface area (Å²) in [6, 6.07) is 10.0. The normalized spacial score (nSPS) is 11.8. The second-order valence-corrected chi connectivity index (χ2v) is 6.07. The van der Waals surface area contributed by atoms with Gasteiger partial charge >= 0.3 is 0 Å². The SMILES string of the molecule is CC(C)(C)c1cc(-c2ccc(Cl)cc2)sn1. The topological polar surface area (TPSA) is 12.9 Å². The van der Waals surface area contributed by atoms with Crippen LogP contribution in [-0.2, 0) is 5.41 Å². The molecular formula is C13H14ClNS. The molecule has 2 rings (SSSR count). The highest BCUT2D eigenvalue weighted by atomic mass is 35.5. The number of halogens is 1. The van der Waals surface area contributed by atoms with Gasteiger partial charge in [-0.2, -0.15) is 4.37 Å². The monoisotopic (exact) mass is 251 g/mol. The molecule has 0 saturated heterocycles. The summed E-state index contributed by atoms with van der Waals surface area (Å²) in [6.07, 6.45) is 0. The van der Waals surface area contributed by atoms with Gasteiger partial charge in [0, 0.05) is 10.4 Å². The standard InChI is InChI=1S/C13H14ClNS/c1-13(2,3)12-8-11(16-15-12)9-4-6-10(14)7-5-9/h4-8H,1-3H3. The molecule has 0 spiro atoms. The van der Waals surface area contributed by atoms with E-state index < -0.39 is 0 Å². The van der Waals surface area contributed by atoms with Crippen molar-refractivity contribution in [1.29, 1.82) is 0 Å². The third-order valence-electron chi connectivity index (χ3n) is 2.41. The minimum atomic E-state index is 0.112. The lowest BCUT2D eigenvalue weighted by Gasteiger charge is -2.13. The van der Waals surface area contributed by atoms with Gasteiger partial charge < -0.3 is 0 Å². The number of hydrogen-bond acceptors (Lipinski definition) is 2. The van der Waals surface area contributed by atoms with E-state index >= 15 is 0 Å². The Morgan fingerprint density at radius 2 is 1.75 bits per heavy atom. The highest BCUT2D eigenvalue weighted by Crippen LogP contribution is 2.30. The van der Waals surface area contributed by atoms with Crippen LogP contribution in [0.15, 0.2) is 30.3 Å². The van der Waals surface area contributed by atoms with Gasteiger partial charge in [-0.05, 0) is 35.3 Å². The number of hydrogen-bond donors (Lipinski definition) is 0. The van der Waals surface area contributed by atoms with E-state index in [0.717, 1.165) is 10.7 Å². The molecule has 1 aromatic heterocycles. The van der Waals surface area contributed by atoms with Crippen LogP contribution in [-0.4, -0.2) is 4.37 Å². The molecule has 1 nitrogen and oxygen atoms in total. The van der Waals surface area contributed by atoms with Gasteiger partial charge in [-0.3, -0.25) is 0 Å².